The summed E-state index contributed by atoms with van der Waals surface area (Å²) in [6.07, 6.45) is 5.61. The largest absolute Gasteiger partial charge is 0.263 e. The zero-order chi connectivity index (χ0) is 10.9. The van der Waals surface area contributed by atoms with Crippen molar-refractivity contribution in [3.63, 3.8) is 0 Å². The Kier molecular flexibility index (Phi) is 2.95. The molecule has 1 fully saturated rings. The molecule has 1 aliphatic rings. The Morgan fingerprint density at radius 2 is 2.20 bits per heavy atom. The van der Waals surface area contributed by atoms with Crippen LogP contribution in [0.5, 0.6) is 0 Å². The fraction of sp³-hybridized carbons (Fsp3) is 0.444. The third-order valence-electron chi connectivity index (χ3n) is 2.45. The molecule has 0 aliphatic heterocycles. The minimum Gasteiger partial charge on any atom is -0.263 e. The molecule has 0 unspecified atom stereocenters. The summed E-state index contributed by atoms with van der Waals surface area (Å²) < 4.78 is 26.2. The molecule has 82 valence electrons. The average molecular weight is 247 g/mol. The van der Waals surface area contributed by atoms with Crippen LogP contribution in [0.4, 0.5) is 0 Å². The summed E-state index contributed by atoms with van der Waals surface area (Å²) >= 11 is 5.79. The molecule has 1 N–H and O–H groups in total. The molecule has 0 atom stereocenters. The molecule has 2 rings (SSSR count). The number of sulfonamides is 1. The first-order chi connectivity index (χ1) is 7.09. The van der Waals surface area contributed by atoms with Crippen molar-refractivity contribution in [2.75, 3.05) is 0 Å². The molecular formula is C9H11ClN2O2S. The second-order valence-electron chi connectivity index (χ2n) is 3.56. The Morgan fingerprint density at radius 3 is 2.73 bits per heavy atom. The number of nitrogens with one attached hydrogen (secondary N) is 1. The molecule has 0 aromatic carbocycles. The van der Waals surface area contributed by atoms with Crippen LogP contribution in [0.3, 0.4) is 0 Å². The van der Waals surface area contributed by atoms with Gasteiger partial charge in [0.25, 0.3) is 0 Å². The van der Waals surface area contributed by atoms with Crippen molar-refractivity contribution < 1.29 is 8.42 Å². The summed E-state index contributed by atoms with van der Waals surface area (Å²) in [5.41, 5.74) is 0. The molecule has 6 heteroatoms. The van der Waals surface area contributed by atoms with Crippen LogP contribution in [-0.4, -0.2) is 19.4 Å². The molecule has 1 aromatic rings. The zero-order valence-corrected chi connectivity index (χ0v) is 9.55. The van der Waals surface area contributed by atoms with Gasteiger partial charge in [-0.1, -0.05) is 18.0 Å². The van der Waals surface area contributed by atoms with Crippen molar-refractivity contribution in [2.24, 2.45) is 0 Å². The summed E-state index contributed by atoms with van der Waals surface area (Å²) in [5, 5.41) is 0.205. The third kappa shape index (κ3) is 2.30. The van der Waals surface area contributed by atoms with Crippen molar-refractivity contribution >= 4 is 21.6 Å². The monoisotopic (exact) mass is 246 g/mol. The molecule has 1 heterocycles. The normalized spacial score (nSPS) is 17.4. The number of hydrogen-bond donors (Lipinski definition) is 1. The summed E-state index contributed by atoms with van der Waals surface area (Å²) in [4.78, 5) is 3.81. The van der Waals surface area contributed by atoms with E-state index in [2.05, 4.69) is 9.71 Å². The van der Waals surface area contributed by atoms with Gasteiger partial charge in [0.15, 0.2) is 0 Å². The van der Waals surface area contributed by atoms with E-state index in [0.29, 0.717) is 0 Å². The lowest BCUT2D eigenvalue weighted by molar-refractivity contribution is 0.383. The van der Waals surface area contributed by atoms with Gasteiger partial charge in [0.2, 0.25) is 10.0 Å². The first-order valence-corrected chi connectivity index (χ1v) is 6.57. The highest BCUT2D eigenvalue weighted by molar-refractivity contribution is 7.89. The smallest absolute Gasteiger partial charge is 0.243 e. The van der Waals surface area contributed by atoms with Crippen molar-refractivity contribution in [1.82, 2.24) is 9.71 Å². The number of halogens is 1. The summed E-state index contributed by atoms with van der Waals surface area (Å²) in [7, 11) is -3.50. The van der Waals surface area contributed by atoms with Gasteiger partial charge >= 0.3 is 0 Å². The summed E-state index contributed by atoms with van der Waals surface area (Å²) in [6, 6.07) is 1.53. The predicted molar refractivity (Wildman–Crippen MR) is 57.2 cm³/mol. The molecule has 1 aromatic heterocycles. The quantitative estimate of drug-likeness (QED) is 0.881. The lowest BCUT2D eigenvalue weighted by atomic mass is 9.94. The molecule has 0 amide bonds. The van der Waals surface area contributed by atoms with E-state index in [1.807, 2.05) is 0 Å². The third-order valence-corrected chi connectivity index (χ3v) is 4.44. The Labute approximate surface area is 93.7 Å². The molecule has 0 spiro atoms. The van der Waals surface area contributed by atoms with Crippen LogP contribution >= 0.6 is 11.6 Å². The van der Waals surface area contributed by atoms with E-state index >= 15 is 0 Å². The van der Waals surface area contributed by atoms with Gasteiger partial charge in [-0.3, -0.25) is 4.98 Å². The van der Waals surface area contributed by atoms with E-state index in [-0.39, 0.29) is 16.0 Å². The molecule has 4 nitrogen and oxygen atoms in total. The first kappa shape index (κ1) is 10.9. The lowest BCUT2D eigenvalue weighted by Gasteiger charge is -2.26. The van der Waals surface area contributed by atoms with E-state index in [4.69, 9.17) is 11.6 Å². The van der Waals surface area contributed by atoms with Gasteiger partial charge in [-0.2, -0.15) is 0 Å². The second-order valence-corrected chi connectivity index (χ2v) is 5.64. The number of rotatable bonds is 3. The number of nitrogens with zero attached hydrogens (tertiary/aromatic N) is 1. The van der Waals surface area contributed by atoms with Crippen LogP contribution in [0.2, 0.25) is 5.02 Å². The molecule has 1 aliphatic carbocycles. The van der Waals surface area contributed by atoms with Gasteiger partial charge in [0.1, 0.15) is 4.90 Å². The van der Waals surface area contributed by atoms with Crippen molar-refractivity contribution in [3.05, 3.63) is 23.5 Å². The summed E-state index contributed by atoms with van der Waals surface area (Å²) in [5.74, 6) is 0. The summed E-state index contributed by atoms with van der Waals surface area (Å²) in [6.45, 7) is 0. The maximum Gasteiger partial charge on any atom is 0.243 e. The SMILES string of the molecule is O=S(=O)(NC1CCC1)c1cnccc1Cl. The van der Waals surface area contributed by atoms with Gasteiger partial charge in [0.05, 0.1) is 5.02 Å². The van der Waals surface area contributed by atoms with E-state index in [0.717, 1.165) is 19.3 Å². The number of hydrogen-bond acceptors (Lipinski definition) is 3. The van der Waals surface area contributed by atoms with Crippen LogP contribution < -0.4 is 4.72 Å². The Bertz CT molecular complexity index is 457. The van der Waals surface area contributed by atoms with Gasteiger partial charge in [-0.15, -0.1) is 0 Å². The van der Waals surface area contributed by atoms with E-state index in [9.17, 15) is 8.42 Å². The van der Waals surface area contributed by atoms with Crippen LogP contribution in [0.15, 0.2) is 23.4 Å². The molecular weight excluding hydrogens is 236 g/mol. The second kappa shape index (κ2) is 4.08. The topological polar surface area (TPSA) is 59.1 Å². The van der Waals surface area contributed by atoms with Gasteiger partial charge in [-0.05, 0) is 18.9 Å². The number of aromatic nitrogens is 1. The van der Waals surface area contributed by atoms with Gasteiger partial charge in [0, 0.05) is 18.4 Å². The zero-order valence-electron chi connectivity index (χ0n) is 7.98. The van der Waals surface area contributed by atoms with Gasteiger partial charge in [-0.25, -0.2) is 13.1 Å². The van der Waals surface area contributed by atoms with Crippen LogP contribution in [-0.2, 0) is 10.0 Å². The van der Waals surface area contributed by atoms with Crippen LogP contribution in [0.25, 0.3) is 0 Å². The highest BCUT2D eigenvalue weighted by Crippen LogP contribution is 2.23. The number of pyridine rings is 1. The van der Waals surface area contributed by atoms with E-state index < -0.39 is 10.0 Å². The van der Waals surface area contributed by atoms with Crippen molar-refractivity contribution in [2.45, 2.75) is 30.2 Å². The van der Waals surface area contributed by atoms with E-state index in [1.165, 1.54) is 18.5 Å². The first-order valence-electron chi connectivity index (χ1n) is 4.71. The predicted octanol–water partition coefficient (Wildman–Crippen LogP) is 1.57. The minimum absolute atomic E-state index is 0.0542. The van der Waals surface area contributed by atoms with Crippen LogP contribution in [0.1, 0.15) is 19.3 Å². The highest BCUT2D eigenvalue weighted by atomic mass is 35.5. The fourth-order valence-electron chi connectivity index (χ4n) is 1.37. The Morgan fingerprint density at radius 1 is 1.47 bits per heavy atom. The standard InChI is InChI=1S/C9H11ClN2O2S/c10-8-4-5-11-6-9(8)15(13,14)12-7-2-1-3-7/h4-7,12H,1-3H2. The highest BCUT2D eigenvalue weighted by Gasteiger charge is 2.26. The van der Waals surface area contributed by atoms with Gasteiger partial charge < -0.3 is 0 Å². The van der Waals surface area contributed by atoms with Crippen molar-refractivity contribution in [3.8, 4) is 0 Å². The van der Waals surface area contributed by atoms with Crippen LogP contribution in [0, 0.1) is 0 Å². The minimum atomic E-state index is -3.50. The average Bonchev–Trinajstić information content (AvgIpc) is 2.12. The lowest BCUT2D eigenvalue weighted by Crippen LogP contribution is -2.39. The van der Waals surface area contributed by atoms with E-state index in [1.54, 1.807) is 0 Å². The molecule has 1 saturated carbocycles. The molecule has 0 bridgehead atoms. The maximum absolute atomic E-state index is 11.8. The molecule has 0 radical (unpaired) electrons. The fourth-order valence-corrected chi connectivity index (χ4v) is 3.11. The van der Waals surface area contributed by atoms with Crippen molar-refractivity contribution in [1.29, 1.82) is 0 Å². The molecule has 15 heavy (non-hydrogen) atoms. The maximum atomic E-state index is 11.8. The Hall–Kier alpha value is -0.650. The Balaban J connectivity index is 2.24. The molecule has 0 saturated heterocycles.